The molecular formula is C110H131F3LiN11O17. The van der Waals surface area contributed by atoms with E-state index in [2.05, 4.69) is 93.4 Å². The molecule has 0 unspecified atom stereocenters. The van der Waals surface area contributed by atoms with E-state index in [1.54, 1.807) is 69.7 Å². The van der Waals surface area contributed by atoms with Gasteiger partial charge in [-0.25, -0.2) is 23.4 Å². The summed E-state index contributed by atoms with van der Waals surface area (Å²) in [6.45, 7) is 17.4. The molecule has 6 aromatic carbocycles. The summed E-state index contributed by atoms with van der Waals surface area (Å²) in [6, 6.07) is 58.5. The minimum atomic E-state index is -1.13. The third-order valence-electron chi connectivity index (χ3n) is 25.9. The van der Waals surface area contributed by atoms with Crippen LogP contribution in [0.1, 0.15) is 238 Å². The maximum Gasteiger partial charge on any atom is 1.00 e. The number of nitrogens with zero attached hydrogens (tertiary/aromatic N) is 9. The molecule has 6 N–H and O–H groups in total. The minimum Gasteiger partial charge on any atom is -0.870 e. The Hall–Kier alpha value is -12.7. The Labute approximate surface area is 843 Å². The number of aromatic nitrogens is 4. The van der Waals surface area contributed by atoms with Crippen LogP contribution >= 0.6 is 0 Å². The second-order valence-corrected chi connectivity index (χ2v) is 35.8. The number of alkyl halides is 1. The summed E-state index contributed by atoms with van der Waals surface area (Å²) in [5.41, 5.74) is 14.5. The van der Waals surface area contributed by atoms with Gasteiger partial charge in [-0.05, 0) is 335 Å². The van der Waals surface area contributed by atoms with Gasteiger partial charge in [0.15, 0.2) is 40.5 Å². The second kappa shape index (κ2) is 59.9. The molecular weight excluding hydrogens is 1810 g/mol. The van der Waals surface area contributed by atoms with Gasteiger partial charge in [-0.2, -0.15) is 0 Å². The third-order valence-corrected chi connectivity index (χ3v) is 25.9. The van der Waals surface area contributed by atoms with E-state index in [0.717, 1.165) is 179 Å². The van der Waals surface area contributed by atoms with Crippen LogP contribution in [0.4, 0.5) is 13.2 Å². The molecule has 16 rings (SSSR count). The molecule has 750 valence electrons. The molecule has 0 aliphatic carbocycles. The van der Waals surface area contributed by atoms with Crippen molar-refractivity contribution in [2.24, 2.45) is 35.3 Å². The Balaban J connectivity index is 0.000000218. The summed E-state index contributed by atoms with van der Waals surface area (Å²) < 4.78 is 62.1. The summed E-state index contributed by atoms with van der Waals surface area (Å²) in [6.07, 6.45) is 16.8. The smallest absolute Gasteiger partial charge is 0.870 e. The third kappa shape index (κ3) is 37.3. The average molecular weight is 1940 g/mol. The summed E-state index contributed by atoms with van der Waals surface area (Å²) in [4.78, 5) is 146. The number of rotatable bonds is 30. The van der Waals surface area contributed by atoms with Crippen molar-refractivity contribution in [3.8, 4) is 23.0 Å². The van der Waals surface area contributed by atoms with Crippen molar-refractivity contribution in [2.45, 2.75) is 142 Å². The van der Waals surface area contributed by atoms with E-state index in [9.17, 15) is 61.1 Å². The Morgan fingerprint density at radius 3 is 0.979 bits per heavy atom. The fourth-order valence-electron chi connectivity index (χ4n) is 17.4. The Morgan fingerprint density at radius 1 is 0.380 bits per heavy atom. The number of carbonyl (C=O) groups is 10. The molecule has 32 heteroatoms. The average Bonchev–Trinajstić information content (AvgIpc) is 0.820. The Morgan fingerprint density at radius 2 is 0.683 bits per heavy atom. The van der Waals surface area contributed by atoms with Crippen LogP contribution in [0.25, 0.3) is 0 Å². The molecule has 0 atom stereocenters. The van der Waals surface area contributed by atoms with Crippen molar-refractivity contribution < 1.29 is 116 Å². The van der Waals surface area contributed by atoms with Crippen LogP contribution in [0.2, 0.25) is 0 Å². The van der Waals surface area contributed by atoms with Crippen molar-refractivity contribution in [1.29, 1.82) is 0 Å². The number of Topliss-reactive ketones (excluding diaryl/α,β-unsaturated/α-hetero) is 7. The van der Waals surface area contributed by atoms with Gasteiger partial charge in [-0.3, -0.25) is 77.3 Å². The van der Waals surface area contributed by atoms with E-state index in [-0.39, 0.29) is 111 Å². The molecule has 0 bridgehead atoms. The molecule has 6 aliphatic heterocycles. The number of carboxylic acids is 2. The summed E-state index contributed by atoms with van der Waals surface area (Å²) in [7, 11) is 5.70. The van der Waals surface area contributed by atoms with Crippen LogP contribution in [0, 0.1) is 41.2 Å². The fourth-order valence-corrected chi connectivity index (χ4v) is 17.4. The van der Waals surface area contributed by atoms with Crippen molar-refractivity contribution in [3.63, 3.8) is 0 Å². The number of methoxy groups -OCH3 is 4. The standard InChI is InChI=1S/C33H36FN3O4.C22H26N2O3.C21H24N2O4.C13H20N2O.C12H14FNO.C8H7NO3.CH3F.Li.H2O/c1-41-29-9-2-24(3-10-29)22-36-16-12-23(13-17-36)20-31(38)30-11-6-27(21-35-30)33(40)37-18-14-26(15-19-37)32(39)25-4-7-28(34)8-5-25;1-16(25)19-5-8-21(23-14-19)22(26)13-17-9-11-24(12-10-17)15-18-3-6-20(27-2)7-4-18;1-27-18-5-2-16(3-6-18)14-23-10-8-15(9-11-23)12-20(24)19-7-4-17(13-22-19)21(25)26;1-16-13-4-2-11(3-5-13)10-15-8-6-12(14)7-9-15;13-11-3-1-9(2-4-11)12(15)10-5-7-14-8-6-10;1-5(10)6-3-2-4-7(9-6)8(11)12;1-2;;/h2-11,21,23,26H,12-20,22H2,1H3;3-8,14,17H,9-13,15H2,1-2H3;2-7,13,15H,8-12,14H2,1H3,(H,25,26);2-5,12H,6-10,14H2,1H3;1-4,10,14H,5-8H2;2-4H,1H3,(H,11,12);1H3;;1H2/q;;;;;;;+1;/p-1/i;;;;;;1D;;. The molecule has 10 aromatic rings. The number of carbonyl (C=O) groups excluding carboxylic acids is 8. The predicted molar refractivity (Wildman–Crippen MR) is 531 cm³/mol. The molecule has 6 saturated heterocycles. The summed E-state index contributed by atoms with van der Waals surface area (Å²) >= 11 is 0. The van der Waals surface area contributed by atoms with Crippen molar-refractivity contribution >= 4 is 58.3 Å². The van der Waals surface area contributed by atoms with Gasteiger partial charge in [0, 0.05) is 119 Å². The maximum atomic E-state index is 13.2. The minimum absolute atomic E-state index is 0. The van der Waals surface area contributed by atoms with Crippen LogP contribution in [0.5, 0.6) is 23.0 Å². The number of aromatic carboxylic acids is 2. The van der Waals surface area contributed by atoms with Gasteiger partial charge < -0.3 is 50.6 Å². The zero-order valence-electron chi connectivity index (χ0n) is 83.2. The normalized spacial score (nSPS) is 15.6. The number of piperidine rings is 6. The number of nitrogens with one attached hydrogen (secondary N) is 1. The van der Waals surface area contributed by atoms with Crippen LogP contribution < -0.4 is 48.9 Å². The molecule has 6 aliphatic rings. The molecule has 0 saturated carbocycles. The summed E-state index contributed by atoms with van der Waals surface area (Å²) in [5.74, 6) is 1.48. The Bertz CT molecular complexity index is 5460. The number of halogens is 3. The van der Waals surface area contributed by atoms with Gasteiger partial charge in [0.05, 0.1) is 48.1 Å². The monoisotopic (exact) mass is 1940 g/mol. The summed E-state index contributed by atoms with van der Waals surface area (Å²) in [5, 5.41) is 20.6. The molecule has 0 radical (unpaired) electrons. The molecule has 4 aromatic heterocycles. The largest absolute Gasteiger partial charge is 1.00 e. The van der Waals surface area contributed by atoms with Crippen LogP contribution in [0.3, 0.4) is 0 Å². The van der Waals surface area contributed by atoms with Gasteiger partial charge in [-0.1, -0.05) is 54.6 Å². The van der Waals surface area contributed by atoms with Crippen LogP contribution in [-0.4, -0.2) is 239 Å². The number of amides is 1. The maximum absolute atomic E-state index is 13.2. The predicted octanol–water partition coefficient (Wildman–Crippen LogP) is 14.5. The first-order chi connectivity index (χ1) is 68.1. The quantitative estimate of drug-likeness (QED) is 0.0240. The van der Waals surface area contributed by atoms with Gasteiger partial charge in [0.25, 0.3) is 5.91 Å². The van der Waals surface area contributed by atoms with Gasteiger partial charge in [0.1, 0.15) is 63.1 Å². The second-order valence-electron chi connectivity index (χ2n) is 35.8. The number of nitrogens with two attached hydrogens (primary N) is 1. The number of hydrogen-bond donors (Lipinski definition) is 4. The first-order valence-corrected chi connectivity index (χ1v) is 47.6. The van der Waals surface area contributed by atoms with E-state index in [1.807, 2.05) is 48.5 Å². The number of ether oxygens (including phenoxy) is 4. The zero-order valence-corrected chi connectivity index (χ0v) is 82.2. The number of carboxylic acid groups (broad SMARTS) is 2. The van der Waals surface area contributed by atoms with E-state index in [4.69, 9.17) is 36.3 Å². The van der Waals surface area contributed by atoms with E-state index in [1.165, 1.54) is 121 Å². The van der Waals surface area contributed by atoms with E-state index >= 15 is 0 Å². The number of hydrogen-bond acceptors (Lipinski definition) is 25. The number of benzene rings is 6. The van der Waals surface area contributed by atoms with Crippen LogP contribution in [0.15, 0.2) is 219 Å². The zero-order chi connectivity index (χ0) is 101. The molecule has 6 fully saturated rings. The van der Waals surface area contributed by atoms with E-state index in [0.29, 0.717) is 108 Å². The number of ketones is 7. The molecule has 142 heavy (non-hydrogen) atoms. The fraction of sp³-hybridized carbons (Fsp3) is 0.400. The van der Waals surface area contributed by atoms with E-state index < -0.39 is 19.1 Å². The van der Waals surface area contributed by atoms with Crippen molar-refractivity contribution in [3.05, 3.63) is 309 Å². The molecule has 1 amide bonds. The first-order valence-electron chi connectivity index (χ1n) is 48.3. The van der Waals surface area contributed by atoms with Crippen molar-refractivity contribution in [1.82, 2.24) is 49.8 Å². The molecule has 28 nitrogen and oxygen atoms in total. The Kier molecular flexibility index (Phi) is 47.7. The van der Waals surface area contributed by atoms with Gasteiger partial charge in [-0.15, -0.1) is 0 Å². The van der Waals surface area contributed by atoms with Gasteiger partial charge in [0.2, 0.25) is 0 Å². The SMILES string of the molecule is CC(=O)c1cccc(C(=O)O)n1.COc1ccc(CN2CCC(CC(=O)c3ccc(C(=O)N4CCC(C(=O)c5ccc(F)cc5)CC4)cn3)CC2)cc1.COc1ccc(CN2CCC(CC(=O)c3ccc(C(=O)O)cn3)CC2)cc1.COc1ccc(CN2CCC(CC(=O)c3ccc(C(C)=O)cn3)CC2)cc1.COc1ccc(CN2CCC(N)CC2)cc1.O=C(c1ccc(F)cc1)C1CCNCC1.[2H]CF.[Li+].[OH-]. The van der Waals surface area contributed by atoms with Gasteiger partial charge >= 0.3 is 30.8 Å². The number of pyridine rings is 4. The topological polar surface area (TPSA) is 384 Å². The molecule has 0 spiro atoms. The number of likely N-dealkylation sites (tertiary alicyclic amines) is 5. The molecule has 10 heterocycles. The van der Waals surface area contributed by atoms with Crippen molar-refractivity contribution in [2.75, 3.05) is 114 Å². The first kappa shape index (κ1) is 113. The van der Waals surface area contributed by atoms with Crippen LogP contribution in [-0.2, 0) is 26.2 Å².